The maximum absolute atomic E-state index is 8.77. The van der Waals surface area contributed by atoms with E-state index < -0.39 is 0 Å². The highest BCUT2D eigenvalue weighted by Gasteiger charge is 2.06. The van der Waals surface area contributed by atoms with Crippen molar-refractivity contribution in [1.82, 2.24) is 0 Å². The monoisotopic (exact) mass is 196 g/mol. The molecule has 0 N–H and O–H groups in total. The summed E-state index contributed by atoms with van der Waals surface area (Å²) < 4.78 is 0. The van der Waals surface area contributed by atoms with Gasteiger partial charge < -0.3 is 0 Å². The molecule has 2 nitrogen and oxygen atoms in total. The molecule has 0 saturated carbocycles. The fraction of sp³-hybridized carbons (Fsp3) is 0.231. The van der Waals surface area contributed by atoms with E-state index in [0.717, 1.165) is 16.7 Å². The lowest BCUT2D eigenvalue weighted by molar-refractivity contribution is 1.34. The van der Waals surface area contributed by atoms with Gasteiger partial charge in [0.1, 0.15) is 17.7 Å². The number of nitrogens with zero attached hydrogens (tertiary/aromatic N) is 2. The van der Waals surface area contributed by atoms with Crippen LogP contribution in [0.15, 0.2) is 23.8 Å². The Morgan fingerprint density at radius 2 is 1.73 bits per heavy atom. The number of rotatable bonds is 1. The van der Waals surface area contributed by atoms with Crippen LogP contribution in [0.1, 0.15) is 23.6 Å². The van der Waals surface area contributed by atoms with Crippen LogP contribution >= 0.6 is 0 Å². The first-order valence-electron chi connectivity index (χ1n) is 4.69. The zero-order valence-corrected chi connectivity index (χ0v) is 9.13. The minimum atomic E-state index is 0.182. The Kier molecular flexibility index (Phi) is 3.26. The van der Waals surface area contributed by atoms with Crippen molar-refractivity contribution in [2.75, 3.05) is 0 Å². The lowest BCUT2D eigenvalue weighted by Gasteiger charge is -2.06. The molecule has 0 atom stereocenters. The number of aryl methyl sites for hydroxylation is 2. The fourth-order valence-electron chi connectivity index (χ4n) is 1.56. The van der Waals surface area contributed by atoms with Gasteiger partial charge in [-0.05, 0) is 37.5 Å². The van der Waals surface area contributed by atoms with Gasteiger partial charge in [-0.3, -0.25) is 0 Å². The molecule has 0 radical (unpaired) electrons. The summed E-state index contributed by atoms with van der Waals surface area (Å²) >= 11 is 0. The molecule has 0 bridgehead atoms. The van der Waals surface area contributed by atoms with Crippen molar-refractivity contribution in [2.45, 2.75) is 20.8 Å². The van der Waals surface area contributed by atoms with Gasteiger partial charge in [0.25, 0.3) is 0 Å². The maximum atomic E-state index is 8.77. The van der Waals surface area contributed by atoms with Crippen LogP contribution in [0.25, 0.3) is 5.57 Å². The van der Waals surface area contributed by atoms with Crippen molar-refractivity contribution < 1.29 is 0 Å². The third-order valence-corrected chi connectivity index (χ3v) is 2.38. The highest BCUT2D eigenvalue weighted by Crippen LogP contribution is 2.22. The molecular weight excluding hydrogens is 184 g/mol. The lowest BCUT2D eigenvalue weighted by Crippen LogP contribution is -1.89. The van der Waals surface area contributed by atoms with Crippen molar-refractivity contribution in [3.63, 3.8) is 0 Å². The molecule has 0 amide bonds. The van der Waals surface area contributed by atoms with Crippen LogP contribution in [0.4, 0.5) is 0 Å². The summed E-state index contributed by atoms with van der Waals surface area (Å²) in [6, 6.07) is 9.80. The average molecular weight is 196 g/mol. The normalized spacial score (nSPS) is 8.87. The molecule has 0 fully saturated rings. The van der Waals surface area contributed by atoms with Gasteiger partial charge in [0.15, 0.2) is 0 Å². The van der Waals surface area contributed by atoms with E-state index in [0.29, 0.717) is 0 Å². The van der Waals surface area contributed by atoms with Gasteiger partial charge in [-0.15, -0.1) is 0 Å². The topological polar surface area (TPSA) is 47.6 Å². The zero-order chi connectivity index (χ0) is 11.4. The summed E-state index contributed by atoms with van der Waals surface area (Å²) in [5.41, 5.74) is 4.17. The molecule has 0 aliphatic heterocycles. The summed E-state index contributed by atoms with van der Waals surface area (Å²) in [5.74, 6) is 0. The van der Waals surface area contributed by atoms with Crippen LogP contribution in [-0.4, -0.2) is 0 Å². The summed E-state index contributed by atoms with van der Waals surface area (Å²) in [4.78, 5) is 0. The van der Waals surface area contributed by atoms with Gasteiger partial charge >= 0.3 is 0 Å². The van der Waals surface area contributed by atoms with Crippen LogP contribution in [0, 0.1) is 36.5 Å². The van der Waals surface area contributed by atoms with Gasteiger partial charge in [0, 0.05) is 0 Å². The quantitative estimate of drug-likeness (QED) is 0.648. The van der Waals surface area contributed by atoms with Crippen LogP contribution in [0.3, 0.4) is 0 Å². The Morgan fingerprint density at radius 1 is 1.13 bits per heavy atom. The third-order valence-electron chi connectivity index (χ3n) is 2.38. The third kappa shape index (κ3) is 2.24. The van der Waals surface area contributed by atoms with Crippen molar-refractivity contribution >= 4 is 5.57 Å². The van der Waals surface area contributed by atoms with Gasteiger partial charge in [0.2, 0.25) is 0 Å². The molecule has 0 aliphatic rings. The van der Waals surface area contributed by atoms with E-state index in [2.05, 4.69) is 0 Å². The molecule has 2 heteroatoms. The molecule has 1 aromatic rings. The van der Waals surface area contributed by atoms with Crippen LogP contribution in [-0.2, 0) is 0 Å². The smallest absolute Gasteiger partial charge is 0.133 e. The van der Waals surface area contributed by atoms with E-state index >= 15 is 0 Å². The number of hydrogen-bond donors (Lipinski definition) is 0. The van der Waals surface area contributed by atoms with Crippen molar-refractivity contribution in [3.05, 3.63) is 40.5 Å². The van der Waals surface area contributed by atoms with Crippen molar-refractivity contribution in [1.29, 1.82) is 10.5 Å². The molecule has 1 rings (SSSR count). The standard InChI is InChI=1S/C13H12N2/c1-9-4-5-13(10(2)6-9)11(3)12(7-14)8-15/h4-6H,1-3H3. The summed E-state index contributed by atoms with van der Waals surface area (Å²) in [5, 5.41) is 17.5. The fourth-order valence-corrected chi connectivity index (χ4v) is 1.56. The first kappa shape index (κ1) is 11.0. The number of nitriles is 2. The predicted molar refractivity (Wildman–Crippen MR) is 59.7 cm³/mol. The van der Waals surface area contributed by atoms with Crippen molar-refractivity contribution in [2.24, 2.45) is 0 Å². The average Bonchev–Trinajstić information content (AvgIpc) is 2.19. The molecule has 74 valence electrons. The first-order valence-corrected chi connectivity index (χ1v) is 4.69. The molecule has 0 aromatic heterocycles. The Morgan fingerprint density at radius 3 is 2.20 bits per heavy atom. The van der Waals surface area contributed by atoms with Crippen molar-refractivity contribution in [3.8, 4) is 12.1 Å². The van der Waals surface area contributed by atoms with Gasteiger partial charge in [-0.25, -0.2) is 0 Å². The molecule has 15 heavy (non-hydrogen) atoms. The van der Waals surface area contributed by atoms with E-state index in [4.69, 9.17) is 10.5 Å². The Labute approximate surface area is 90.1 Å². The van der Waals surface area contributed by atoms with Crippen LogP contribution < -0.4 is 0 Å². The molecule has 0 saturated heterocycles. The molecular formula is C13H12N2. The second-order valence-electron chi connectivity index (χ2n) is 3.54. The largest absolute Gasteiger partial charge is 0.192 e. The highest BCUT2D eigenvalue weighted by atomic mass is 14.3. The number of allylic oxidation sites excluding steroid dienone is 2. The van der Waals surface area contributed by atoms with Crippen LogP contribution in [0.2, 0.25) is 0 Å². The van der Waals surface area contributed by atoms with E-state index in [1.807, 2.05) is 44.2 Å². The number of benzene rings is 1. The van der Waals surface area contributed by atoms with Crippen LogP contribution in [0.5, 0.6) is 0 Å². The minimum absolute atomic E-state index is 0.182. The Balaban J connectivity index is 3.37. The second kappa shape index (κ2) is 4.44. The van der Waals surface area contributed by atoms with E-state index in [1.54, 1.807) is 6.92 Å². The molecule has 1 aromatic carbocycles. The van der Waals surface area contributed by atoms with E-state index in [-0.39, 0.29) is 5.57 Å². The highest BCUT2D eigenvalue weighted by molar-refractivity contribution is 5.75. The Bertz CT molecular complexity index is 480. The second-order valence-corrected chi connectivity index (χ2v) is 3.54. The SMILES string of the molecule is CC(=C(C#N)C#N)c1ccc(C)cc1C. The van der Waals surface area contributed by atoms with E-state index in [9.17, 15) is 0 Å². The summed E-state index contributed by atoms with van der Waals surface area (Å²) in [7, 11) is 0. The molecule has 0 aliphatic carbocycles. The predicted octanol–water partition coefficient (Wildman–Crippen LogP) is 3.12. The van der Waals surface area contributed by atoms with Gasteiger partial charge in [-0.1, -0.05) is 23.8 Å². The maximum Gasteiger partial charge on any atom is 0.133 e. The lowest BCUT2D eigenvalue weighted by atomic mass is 9.97. The zero-order valence-electron chi connectivity index (χ0n) is 9.13. The first-order chi connectivity index (χ1) is 7.10. The van der Waals surface area contributed by atoms with Gasteiger partial charge in [0.05, 0.1) is 0 Å². The minimum Gasteiger partial charge on any atom is -0.192 e. The van der Waals surface area contributed by atoms with E-state index in [1.165, 1.54) is 5.56 Å². The molecule has 0 spiro atoms. The molecule has 0 unspecified atom stereocenters. The Hall–Kier alpha value is -2.06. The number of hydrogen-bond acceptors (Lipinski definition) is 2. The molecule has 0 heterocycles. The summed E-state index contributed by atoms with van der Waals surface area (Å²) in [6.45, 7) is 5.81. The summed E-state index contributed by atoms with van der Waals surface area (Å²) in [6.07, 6.45) is 0. The van der Waals surface area contributed by atoms with Gasteiger partial charge in [-0.2, -0.15) is 10.5 Å².